The predicted octanol–water partition coefficient (Wildman–Crippen LogP) is 4.01. The van der Waals surface area contributed by atoms with Gasteiger partial charge in [0.15, 0.2) is 0 Å². The van der Waals surface area contributed by atoms with Crippen molar-refractivity contribution >= 4 is 5.91 Å². The van der Waals surface area contributed by atoms with Crippen LogP contribution in [0.3, 0.4) is 0 Å². The number of carbonyl (C=O) groups is 1. The zero-order chi connectivity index (χ0) is 19.8. The Morgan fingerprint density at radius 3 is 2.75 bits per heavy atom. The number of carbonyl (C=O) groups excluding carboxylic acids is 1. The summed E-state index contributed by atoms with van der Waals surface area (Å²) in [4.78, 5) is 14.4. The number of hydrogen-bond acceptors (Lipinski definition) is 4. The van der Waals surface area contributed by atoms with Crippen molar-refractivity contribution in [3.05, 3.63) is 89.4 Å². The fourth-order valence-corrected chi connectivity index (χ4v) is 2.72. The number of terminal acetylenes is 1. The monoisotopic (exact) mass is 370 g/mol. The molecule has 28 heavy (non-hydrogen) atoms. The summed E-state index contributed by atoms with van der Waals surface area (Å²) in [6.07, 6.45) is 6.98. The Morgan fingerprint density at radius 2 is 2.00 bits per heavy atom. The molecule has 0 N–H and O–H groups in total. The lowest BCUT2D eigenvalue weighted by Gasteiger charge is -2.19. The number of rotatable bonds is 7. The molecule has 2 aromatic carbocycles. The van der Waals surface area contributed by atoms with Crippen LogP contribution in [-0.4, -0.2) is 17.4 Å². The van der Waals surface area contributed by atoms with E-state index >= 15 is 0 Å². The predicted molar refractivity (Wildman–Crippen MR) is 104 cm³/mol. The number of hydrogen-bond donors (Lipinski definition) is 0. The first-order valence-corrected chi connectivity index (χ1v) is 8.67. The van der Waals surface area contributed by atoms with Crippen LogP contribution in [0.15, 0.2) is 71.3 Å². The molecule has 0 aliphatic rings. The summed E-state index contributed by atoms with van der Waals surface area (Å²) in [7, 11) is 0. The van der Waals surface area contributed by atoms with E-state index in [1.165, 1.54) is 4.90 Å². The van der Waals surface area contributed by atoms with E-state index in [0.29, 0.717) is 22.6 Å². The van der Waals surface area contributed by atoms with E-state index in [4.69, 9.17) is 15.6 Å². The lowest BCUT2D eigenvalue weighted by atomic mass is 10.1. The highest BCUT2D eigenvalue weighted by Gasteiger charge is 2.17. The van der Waals surface area contributed by atoms with E-state index in [1.807, 2.05) is 12.1 Å². The maximum absolute atomic E-state index is 12.9. The number of benzene rings is 2. The molecule has 138 valence electrons. The fourth-order valence-electron chi connectivity index (χ4n) is 2.72. The summed E-state index contributed by atoms with van der Waals surface area (Å²) < 4.78 is 11.1. The van der Waals surface area contributed by atoms with Crippen molar-refractivity contribution in [1.82, 2.24) is 4.90 Å². The molecule has 0 spiro atoms. The van der Waals surface area contributed by atoms with Gasteiger partial charge < -0.3 is 14.1 Å². The molecule has 3 aromatic rings. The second-order valence-corrected chi connectivity index (χ2v) is 6.03. The summed E-state index contributed by atoms with van der Waals surface area (Å²) in [5.74, 6) is 3.49. The van der Waals surface area contributed by atoms with E-state index in [-0.39, 0.29) is 25.6 Å². The van der Waals surface area contributed by atoms with Crippen molar-refractivity contribution in [1.29, 1.82) is 5.26 Å². The van der Waals surface area contributed by atoms with E-state index in [9.17, 15) is 10.1 Å². The van der Waals surface area contributed by atoms with Gasteiger partial charge in [-0.3, -0.25) is 4.79 Å². The number of ether oxygens (including phenoxy) is 1. The minimum atomic E-state index is -0.211. The van der Waals surface area contributed by atoms with Crippen molar-refractivity contribution in [2.75, 3.05) is 6.54 Å². The lowest BCUT2D eigenvalue weighted by molar-refractivity contribution is 0.0754. The summed E-state index contributed by atoms with van der Waals surface area (Å²) >= 11 is 0. The number of nitriles is 1. The largest absolute Gasteiger partial charge is 0.489 e. The highest BCUT2D eigenvalue weighted by Crippen LogP contribution is 2.19. The number of amides is 1. The summed E-state index contributed by atoms with van der Waals surface area (Å²) in [6, 6.07) is 19.8. The number of nitrogens with zero attached hydrogens (tertiary/aromatic N) is 2. The van der Waals surface area contributed by atoms with Crippen LogP contribution in [0.1, 0.15) is 27.2 Å². The molecule has 0 bridgehead atoms. The van der Waals surface area contributed by atoms with Gasteiger partial charge in [-0.2, -0.15) is 5.26 Å². The van der Waals surface area contributed by atoms with Gasteiger partial charge in [0.25, 0.3) is 5.91 Å². The third-order valence-electron chi connectivity index (χ3n) is 4.11. The van der Waals surface area contributed by atoms with E-state index < -0.39 is 0 Å². The van der Waals surface area contributed by atoms with E-state index in [0.717, 1.165) is 5.56 Å². The van der Waals surface area contributed by atoms with Crippen LogP contribution >= 0.6 is 0 Å². The molecule has 0 aliphatic heterocycles. The van der Waals surface area contributed by atoms with Crippen LogP contribution in [0.5, 0.6) is 5.75 Å². The van der Waals surface area contributed by atoms with Crippen LogP contribution in [0, 0.1) is 23.7 Å². The average molecular weight is 370 g/mol. The molecular formula is C23H18N2O3. The Kier molecular flexibility index (Phi) is 6.13. The van der Waals surface area contributed by atoms with Crippen LogP contribution in [0.25, 0.3) is 0 Å². The Hall–Kier alpha value is -3.96. The minimum Gasteiger partial charge on any atom is -0.489 e. The van der Waals surface area contributed by atoms with Gasteiger partial charge in [0, 0.05) is 11.1 Å². The zero-order valence-corrected chi connectivity index (χ0v) is 15.2. The topological polar surface area (TPSA) is 66.5 Å². The van der Waals surface area contributed by atoms with Crippen molar-refractivity contribution in [2.45, 2.75) is 13.2 Å². The zero-order valence-electron chi connectivity index (χ0n) is 15.2. The molecule has 1 aromatic heterocycles. The molecule has 0 saturated carbocycles. The molecule has 0 aliphatic carbocycles. The van der Waals surface area contributed by atoms with Gasteiger partial charge in [0.2, 0.25) is 0 Å². The Balaban J connectivity index is 1.73. The van der Waals surface area contributed by atoms with E-state index in [2.05, 4.69) is 12.0 Å². The number of furan rings is 1. The molecule has 0 saturated heterocycles. The molecule has 0 radical (unpaired) electrons. The second-order valence-electron chi connectivity index (χ2n) is 6.03. The Bertz CT molecular complexity index is 1030. The van der Waals surface area contributed by atoms with Crippen LogP contribution in [0.4, 0.5) is 0 Å². The molecule has 1 heterocycles. The van der Waals surface area contributed by atoms with Crippen molar-refractivity contribution in [3.8, 4) is 24.2 Å². The lowest BCUT2D eigenvalue weighted by Crippen LogP contribution is -2.30. The third-order valence-corrected chi connectivity index (χ3v) is 4.11. The van der Waals surface area contributed by atoms with Gasteiger partial charge in [-0.05, 0) is 36.4 Å². The standard InChI is InChI=1S/C23H18N2O3/c1-2-12-25(16-22-11-6-13-27-22)23(26)18-9-5-10-21(14-18)28-17-20-8-4-3-7-19(20)15-24/h1,3-11,13-14H,12,16-17H2. The molecule has 0 unspecified atom stereocenters. The maximum atomic E-state index is 12.9. The van der Waals surface area contributed by atoms with Crippen LogP contribution in [0.2, 0.25) is 0 Å². The van der Waals surface area contributed by atoms with Crippen molar-refractivity contribution in [2.24, 2.45) is 0 Å². The first-order chi connectivity index (χ1) is 13.7. The minimum absolute atomic E-state index is 0.167. The van der Waals surface area contributed by atoms with Gasteiger partial charge in [0.1, 0.15) is 18.1 Å². The van der Waals surface area contributed by atoms with Gasteiger partial charge in [-0.25, -0.2) is 0 Å². The van der Waals surface area contributed by atoms with Gasteiger partial charge >= 0.3 is 0 Å². The second kappa shape index (κ2) is 9.12. The molecule has 3 rings (SSSR count). The van der Waals surface area contributed by atoms with Gasteiger partial charge in [-0.15, -0.1) is 6.42 Å². The summed E-state index contributed by atoms with van der Waals surface area (Å²) in [5.41, 5.74) is 1.81. The normalized spacial score (nSPS) is 9.93. The average Bonchev–Trinajstić information content (AvgIpc) is 3.25. The van der Waals surface area contributed by atoms with Gasteiger partial charge in [0.05, 0.1) is 31.0 Å². The van der Waals surface area contributed by atoms with Crippen molar-refractivity contribution < 1.29 is 13.9 Å². The Morgan fingerprint density at radius 1 is 1.14 bits per heavy atom. The third kappa shape index (κ3) is 4.60. The van der Waals surface area contributed by atoms with E-state index in [1.54, 1.807) is 54.8 Å². The fraction of sp³-hybridized carbons (Fsp3) is 0.130. The highest BCUT2D eigenvalue weighted by atomic mass is 16.5. The highest BCUT2D eigenvalue weighted by molar-refractivity contribution is 5.94. The molecule has 0 atom stereocenters. The molecule has 5 heteroatoms. The first kappa shape index (κ1) is 18.8. The van der Waals surface area contributed by atoms with Crippen LogP contribution in [-0.2, 0) is 13.2 Å². The summed E-state index contributed by atoms with van der Waals surface area (Å²) in [5, 5.41) is 9.17. The van der Waals surface area contributed by atoms with Crippen LogP contribution < -0.4 is 4.74 Å². The maximum Gasteiger partial charge on any atom is 0.255 e. The van der Waals surface area contributed by atoms with Gasteiger partial charge in [-0.1, -0.05) is 30.2 Å². The molecule has 1 amide bonds. The SMILES string of the molecule is C#CCN(Cc1ccco1)C(=O)c1cccc(OCc2ccccc2C#N)c1. The first-order valence-electron chi connectivity index (χ1n) is 8.67. The summed E-state index contributed by atoms with van der Waals surface area (Å²) in [6.45, 7) is 0.693. The quantitative estimate of drug-likeness (QED) is 0.590. The van der Waals surface area contributed by atoms with Crippen molar-refractivity contribution in [3.63, 3.8) is 0 Å². The molecule has 5 nitrogen and oxygen atoms in total. The smallest absolute Gasteiger partial charge is 0.255 e. The molecular weight excluding hydrogens is 352 g/mol. The molecule has 0 fully saturated rings. The Labute approximate surface area is 163 Å².